The summed E-state index contributed by atoms with van der Waals surface area (Å²) in [7, 11) is 0. The van der Waals surface area contributed by atoms with Gasteiger partial charge in [0.05, 0.1) is 5.69 Å². The largest absolute Gasteiger partial charge is 0.478 e. The second-order valence-electron chi connectivity index (χ2n) is 4.21. The molecule has 0 saturated carbocycles. The number of rotatable bonds is 5. The number of carboxylic acids is 1. The van der Waals surface area contributed by atoms with Crippen molar-refractivity contribution >= 4 is 11.7 Å². The van der Waals surface area contributed by atoms with Gasteiger partial charge in [-0.3, -0.25) is 9.97 Å². The molecule has 0 fully saturated rings. The van der Waals surface area contributed by atoms with Gasteiger partial charge >= 0.3 is 5.97 Å². The molecule has 0 radical (unpaired) electrons. The molecule has 2 N–H and O–H groups in total. The molecule has 0 aromatic carbocycles. The Kier molecular flexibility index (Phi) is 4.07. The maximum Gasteiger partial charge on any atom is 0.339 e. The van der Waals surface area contributed by atoms with Gasteiger partial charge in [-0.05, 0) is 31.0 Å². The summed E-state index contributed by atoms with van der Waals surface area (Å²) < 4.78 is 0. The maximum atomic E-state index is 11.1. The predicted molar refractivity (Wildman–Crippen MR) is 72.4 cm³/mol. The van der Waals surface area contributed by atoms with Crippen molar-refractivity contribution < 1.29 is 9.90 Å². The zero-order chi connectivity index (χ0) is 13.7. The molecule has 0 aliphatic rings. The van der Waals surface area contributed by atoms with Gasteiger partial charge in [-0.25, -0.2) is 4.79 Å². The van der Waals surface area contributed by atoms with Gasteiger partial charge < -0.3 is 10.4 Å². The molecule has 0 bridgehead atoms. The van der Waals surface area contributed by atoms with Crippen molar-refractivity contribution in [2.24, 2.45) is 0 Å². The van der Waals surface area contributed by atoms with Crippen molar-refractivity contribution in [3.63, 3.8) is 0 Å². The van der Waals surface area contributed by atoms with Gasteiger partial charge in [0, 0.05) is 30.8 Å². The number of pyridine rings is 2. The Morgan fingerprint density at radius 3 is 2.95 bits per heavy atom. The quantitative estimate of drug-likeness (QED) is 0.858. The second-order valence-corrected chi connectivity index (χ2v) is 4.21. The van der Waals surface area contributed by atoms with Crippen molar-refractivity contribution in [1.29, 1.82) is 0 Å². The van der Waals surface area contributed by atoms with Crippen LogP contribution in [0, 0.1) is 6.92 Å². The van der Waals surface area contributed by atoms with Crippen molar-refractivity contribution in [3.05, 3.63) is 53.6 Å². The highest BCUT2D eigenvalue weighted by molar-refractivity contribution is 5.93. The summed E-state index contributed by atoms with van der Waals surface area (Å²) in [5.41, 5.74) is 2.69. The molecule has 2 aromatic heterocycles. The lowest BCUT2D eigenvalue weighted by molar-refractivity contribution is 0.0697. The molecule has 5 heteroatoms. The third-order valence-electron chi connectivity index (χ3n) is 2.72. The lowest BCUT2D eigenvalue weighted by atomic mass is 10.2. The van der Waals surface area contributed by atoms with E-state index in [9.17, 15) is 4.79 Å². The first kappa shape index (κ1) is 13.0. The van der Waals surface area contributed by atoms with E-state index in [1.54, 1.807) is 18.5 Å². The normalized spacial score (nSPS) is 10.2. The fraction of sp³-hybridized carbons (Fsp3) is 0.214. The smallest absolute Gasteiger partial charge is 0.339 e. The SMILES string of the molecule is Cc1cc(NCCc2cccnc2)c(C(=O)O)cn1. The molecule has 19 heavy (non-hydrogen) atoms. The van der Waals surface area contributed by atoms with E-state index in [4.69, 9.17) is 5.11 Å². The lowest BCUT2D eigenvalue weighted by Crippen LogP contribution is -2.10. The van der Waals surface area contributed by atoms with Crippen LogP contribution in [0.1, 0.15) is 21.6 Å². The first-order valence-corrected chi connectivity index (χ1v) is 5.99. The number of anilines is 1. The molecular formula is C14H15N3O2. The molecule has 0 aliphatic heterocycles. The highest BCUT2D eigenvalue weighted by Gasteiger charge is 2.10. The second kappa shape index (κ2) is 5.95. The number of nitrogens with one attached hydrogen (secondary N) is 1. The van der Waals surface area contributed by atoms with E-state index in [1.807, 2.05) is 19.1 Å². The lowest BCUT2D eigenvalue weighted by Gasteiger charge is -2.10. The Labute approximate surface area is 111 Å². The number of hydrogen-bond donors (Lipinski definition) is 2. The zero-order valence-corrected chi connectivity index (χ0v) is 10.6. The molecule has 2 rings (SSSR count). The molecule has 5 nitrogen and oxygen atoms in total. The molecule has 2 heterocycles. The van der Waals surface area contributed by atoms with Gasteiger partial charge in [0.2, 0.25) is 0 Å². The minimum absolute atomic E-state index is 0.191. The van der Waals surface area contributed by atoms with E-state index >= 15 is 0 Å². The van der Waals surface area contributed by atoms with Crippen LogP contribution in [-0.4, -0.2) is 27.6 Å². The van der Waals surface area contributed by atoms with Gasteiger partial charge in [0.15, 0.2) is 0 Å². The number of carboxylic acid groups (broad SMARTS) is 1. The summed E-state index contributed by atoms with van der Waals surface area (Å²) in [5.74, 6) is -0.976. The Morgan fingerprint density at radius 1 is 1.42 bits per heavy atom. The van der Waals surface area contributed by atoms with Crippen LogP contribution in [0.2, 0.25) is 0 Å². The first-order chi connectivity index (χ1) is 9.16. The van der Waals surface area contributed by atoms with Gasteiger partial charge in [0.1, 0.15) is 5.56 Å². The van der Waals surface area contributed by atoms with E-state index < -0.39 is 5.97 Å². The van der Waals surface area contributed by atoms with Crippen LogP contribution in [0.3, 0.4) is 0 Å². The van der Waals surface area contributed by atoms with Crippen LogP contribution in [0.15, 0.2) is 36.8 Å². The zero-order valence-electron chi connectivity index (χ0n) is 10.6. The van der Waals surface area contributed by atoms with Gasteiger partial charge in [0.25, 0.3) is 0 Å². The third kappa shape index (κ3) is 3.51. The number of carbonyl (C=O) groups is 1. The van der Waals surface area contributed by atoms with Crippen LogP contribution < -0.4 is 5.32 Å². The number of aryl methyl sites for hydroxylation is 1. The van der Waals surface area contributed by atoms with Crippen LogP contribution >= 0.6 is 0 Å². The summed E-state index contributed by atoms with van der Waals surface area (Å²) in [5, 5.41) is 12.2. The minimum atomic E-state index is -0.976. The minimum Gasteiger partial charge on any atom is -0.478 e. The summed E-state index contributed by atoms with van der Waals surface area (Å²) in [6, 6.07) is 5.62. The Morgan fingerprint density at radius 2 is 2.26 bits per heavy atom. The van der Waals surface area contributed by atoms with Crippen LogP contribution in [-0.2, 0) is 6.42 Å². The number of aromatic nitrogens is 2. The van der Waals surface area contributed by atoms with Gasteiger partial charge in [-0.2, -0.15) is 0 Å². The van der Waals surface area contributed by atoms with Crippen molar-refractivity contribution in [2.45, 2.75) is 13.3 Å². The Bertz CT molecular complexity index is 570. The molecular weight excluding hydrogens is 242 g/mol. The number of aromatic carboxylic acids is 1. The standard InChI is InChI=1S/C14H15N3O2/c1-10-7-13(12(9-17-10)14(18)19)16-6-4-11-3-2-5-15-8-11/h2-3,5,7-9H,4,6H2,1H3,(H,16,17)(H,18,19). The van der Waals surface area contributed by atoms with Crippen LogP contribution in [0.5, 0.6) is 0 Å². The van der Waals surface area contributed by atoms with Gasteiger partial charge in [-0.1, -0.05) is 6.07 Å². The van der Waals surface area contributed by atoms with E-state index in [-0.39, 0.29) is 5.56 Å². The molecule has 0 unspecified atom stereocenters. The van der Waals surface area contributed by atoms with Gasteiger partial charge in [-0.15, -0.1) is 0 Å². The average molecular weight is 257 g/mol. The number of hydrogen-bond acceptors (Lipinski definition) is 4. The monoisotopic (exact) mass is 257 g/mol. The third-order valence-corrected chi connectivity index (χ3v) is 2.72. The van der Waals surface area contributed by atoms with Crippen LogP contribution in [0.25, 0.3) is 0 Å². The van der Waals surface area contributed by atoms with E-state index in [1.165, 1.54) is 6.20 Å². The highest BCUT2D eigenvalue weighted by atomic mass is 16.4. The fourth-order valence-electron chi connectivity index (χ4n) is 1.76. The van der Waals surface area contributed by atoms with Crippen molar-refractivity contribution in [3.8, 4) is 0 Å². The summed E-state index contributed by atoms with van der Waals surface area (Å²) in [6.45, 7) is 2.48. The van der Waals surface area contributed by atoms with Crippen molar-refractivity contribution in [2.75, 3.05) is 11.9 Å². The molecule has 0 spiro atoms. The van der Waals surface area contributed by atoms with E-state index in [2.05, 4.69) is 15.3 Å². The Hall–Kier alpha value is -2.43. The Balaban J connectivity index is 2.03. The summed E-state index contributed by atoms with van der Waals surface area (Å²) in [4.78, 5) is 19.1. The highest BCUT2D eigenvalue weighted by Crippen LogP contribution is 2.15. The molecule has 98 valence electrons. The van der Waals surface area contributed by atoms with E-state index in [0.717, 1.165) is 17.7 Å². The average Bonchev–Trinajstić information content (AvgIpc) is 2.39. The number of nitrogens with zero attached hydrogens (tertiary/aromatic N) is 2. The fourth-order valence-corrected chi connectivity index (χ4v) is 1.76. The molecule has 2 aromatic rings. The molecule has 0 saturated heterocycles. The van der Waals surface area contributed by atoms with E-state index in [0.29, 0.717) is 12.2 Å². The molecule has 0 aliphatic carbocycles. The molecule has 0 amide bonds. The maximum absolute atomic E-state index is 11.1. The summed E-state index contributed by atoms with van der Waals surface area (Å²) in [6.07, 6.45) is 5.70. The topological polar surface area (TPSA) is 75.1 Å². The van der Waals surface area contributed by atoms with Crippen LogP contribution in [0.4, 0.5) is 5.69 Å². The predicted octanol–water partition coefficient (Wildman–Crippen LogP) is 2.14. The summed E-state index contributed by atoms with van der Waals surface area (Å²) >= 11 is 0. The first-order valence-electron chi connectivity index (χ1n) is 5.99. The molecule has 0 atom stereocenters. The van der Waals surface area contributed by atoms with Crippen molar-refractivity contribution in [1.82, 2.24) is 9.97 Å².